The molecule has 0 amide bonds. The van der Waals surface area contributed by atoms with Gasteiger partial charge in [-0.15, -0.1) is 0 Å². The van der Waals surface area contributed by atoms with Crippen molar-refractivity contribution in [3.8, 4) is 5.69 Å². The third-order valence-corrected chi connectivity index (χ3v) is 2.72. The number of pyridine rings is 1. The zero-order chi connectivity index (χ0) is 12.5. The van der Waals surface area contributed by atoms with Crippen molar-refractivity contribution in [1.82, 2.24) is 14.5 Å². The highest BCUT2D eigenvalue weighted by Gasteiger charge is 2.07. The number of imidazole rings is 1. The summed E-state index contributed by atoms with van der Waals surface area (Å²) in [5.74, 6) is 0. The Morgan fingerprint density at radius 2 is 2.00 bits per heavy atom. The number of nitrogens with one attached hydrogen (secondary N) is 1. The van der Waals surface area contributed by atoms with Crippen LogP contribution in [-0.2, 0) is 0 Å². The van der Waals surface area contributed by atoms with Crippen LogP contribution in [0.5, 0.6) is 0 Å². The van der Waals surface area contributed by atoms with Crippen LogP contribution in [0.1, 0.15) is 0 Å². The van der Waals surface area contributed by atoms with Crippen molar-refractivity contribution in [2.24, 2.45) is 0 Å². The molecule has 3 rings (SSSR count). The first-order chi connectivity index (χ1) is 8.79. The largest absolute Gasteiger partial charge is 0.331 e. The molecule has 2 heterocycles. The summed E-state index contributed by atoms with van der Waals surface area (Å²) in [7, 11) is 0. The molecule has 2 aromatic heterocycles. The maximum absolute atomic E-state index is 11.9. The van der Waals surface area contributed by atoms with E-state index in [-0.39, 0.29) is 5.69 Å². The van der Waals surface area contributed by atoms with Gasteiger partial charge < -0.3 is 4.98 Å². The molecular formula is C13H8N4O. The maximum atomic E-state index is 11.9. The number of nitrogens with zero attached hydrogens (tertiary/aromatic N) is 3. The van der Waals surface area contributed by atoms with Gasteiger partial charge in [-0.3, -0.25) is 9.55 Å². The molecule has 5 heteroatoms. The van der Waals surface area contributed by atoms with E-state index < -0.39 is 0 Å². The molecule has 0 atom stereocenters. The van der Waals surface area contributed by atoms with Crippen LogP contribution in [0.15, 0.2) is 47.5 Å². The number of aromatic amines is 1. The first-order valence-corrected chi connectivity index (χ1v) is 5.32. The van der Waals surface area contributed by atoms with Crippen molar-refractivity contribution in [2.75, 3.05) is 0 Å². The summed E-state index contributed by atoms with van der Waals surface area (Å²) >= 11 is 0. The molecule has 5 nitrogen and oxygen atoms in total. The van der Waals surface area contributed by atoms with Crippen LogP contribution in [0.3, 0.4) is 0 Å². The third-order valence-electron chi connectivity index (χ3n) is 2.72. The Labute approximate surface area is 102 Å². The molecule has 0 spiro atoms. The molecule has 0 aliphatic carbocycles. The third kappa shape index (κ3) is 1.48. The van der Waals surface area contributed by atoms with Crippen molar-refractivity contribution >= 4 is 16.7 Å². The predicted molar refractivity (Wildman–Crippen MR) is 68.0 cm³/mol. The number of benzene rings is 1. The molecule has 1 aromatic carbocycles. The quantitative estimate of drug-likeness (QED) is 0.659. The van der Waals surface area contributed by atoms with Crippen LogP contribution >= 0.6 is 0 Å². The Morgan fingerprint density at radius 1 is 1.22 bits per heavy atom. The lowest BCUT2D eigenvalue weighted by Gasteiger charge is -2.02. The molecule has 86 valence electrons. The van der Waals surface area contributed by atoms with Crippen molar-refractivity contribution in [2.45, 2.75) is 0 Å². The summed E-state index contributed by atoms with van der Waals surface area (Å²) in [6.07, 6.45) is 3.25. The van der Waals surface area contributed by atoms with E-state index in [0.717, 1.165) is 11.2 Å². The molecule has 0 saturated carbocycles. The fraction of sp³-hybridized carbons (Fsp3) is 0. The highest BCUT2D eigenvalue weighted by Crippen LogP contribution is 2.18. The van der Waals surface area contributed by atoms with E-state index in [1.807, 2.05) is 0 Å². The average molecular weight is 236 g/mol. The average Bonchev–Trinajstić information content (AvgIpc) is 2.75. The molecule has 0 bridgehead atoms. The van der Waals surface area contributed by atoms with E-state index >= 15 is 0 Å². The first kappa shape index (κ1) is 10.3. The minimum Gasteiger partial charge on any atom is -0.304 e. The SMILES string of the molecule is [C-]#[N+]c1ccc(-n2c(=O)[nH]c3cnccc32)cc1. The van der Waals surface area contributed by atoms with E-state index in [2.05, 4.69) is 14.8 Å². The van der Waals surface area contributed by atoms with Crippen molar-refractivity contribution in [3.05, 3.63) is 64.6 Å². The monoisotopic (exact) mass is 236 g/mol. The molecule has 0 unspecified atom stereocenters. The van der Waals surface area contributed by atoms with E-state index in [1.54, 1.807) is 47.3 Å². The molecule has 0 aliphatic rings. The molecule has 0 fully saturated rings. The van der Waals surface area contributed by atoms with Crippen molar-refractivity contribution < 1.29 is 0 Å². The van der Waals surface area contributed by atoms with Crippen LogP contribution in [0, 0.1) is 6.57 Å². The number of H-pyrrole nitrogens is 1. The van der Waals surface area contributed by atoms with E-state index in [1.165, 1.54) is 0 Å². The number of hydrogen-bond acceptors (Lipinski definition) is 2. The van der Waals surface area contributed by atoms with Gasteiger partial charge in [-0.05, 0) is 18.2 Å². The summed E-state index contributed by atoms with van der Waals surface area (Å²) in [4.78, 5) is 21.9. The molecule has 0 aliphatic heterocycles. The van der Waals surface area contributed by atoms with Crippen molar-refractivity contribution in [3.63, 3.8) is 0 Å². The minimum atomic E-state index is -0.214. The Bertz CT molecular complexity index is 805. The zero-order valence-electron chi connectivity index (χ0n) is 9.29. The smallest absolute Gasteiger partial charge is 0.304 e. The second kappa shape index (κ2) is 3.86. The minimum absolute atomic E-state index is 0.214. The van der Waals surface area contributed by atoms with Gasteiger partial charge in [-0.25, -0.2) is 9.64 Å². The summed E-state index contributed by atoms with van der Waals surface area (Å²) < 4.78 is 1.56. The number of rotatable bonds is 1. The fourth-order valence-electron chi connectivity index (χ4n) is 1.89. The van der Waals surface area contributed by atoms with Gasteiger partial charge in [-0.2, -0.15) is 0 Å². The van der Waals surface area contributed by atoms with Gasteiger partial charge in [0.1, 0.15) is 0 Å². The van der Waals surface area contributed by atoms with Crippen LogP contribution in [0.4, 0.5) is 5.69 Å². The standard InChI is InChI=1S/C13H8N4O/c1-14-9-2-4-10(5-3-9)17-12-6-7-15-8-11(12)16-13(17)18/h2-8H,(H,16,18). The zero-order valence-corrected chi connectivity index (χ0v) is 9.29. The summed E-state index contributed by atoms with van der Waals surface area (Å²) in [6, 6.07) is 8.66. The van der Waals surface area contributed by atoms with Gasteiger partial charge in [-0.1, -0.05) is 12.1 Å². The normalized spacial score (nSPS) is 10.4. The second-order valence-electron chi connectivity index (χ2n) is 3.79. The van der Waals surface area contributed by atoms with E-state index in [9.17, 15) is 4.79 Å². The number of aromatic nitrogens is 3. The van der Waals surface area contributed by atoms with Crippen LogP contribution in [-0.4, -0.2) is 14.5 Å². The van der Waals surface area contributed by atoms with Gasteiger partial charge >= 0.3 is 5.69 Å². The molecule has 3 aromatic rings. The van der Waals surface area contributed by atoms with Crippen LogP contribution in [0.2, 0.25) is 0 Å². The predicted octanol–water partition coefficient (Wildman–Crippen LogP) is 2.26. The topological polar surface area (TPSA) is 55.0 Å². The molecule has 0 radical (unpaired) electrons. The maximum Gasteiger partial charge on any atom is 0.331 e. The molecular weight excluding hydrogens is 228 g/mol. The Balaban J connectivity index is 2.28. The Hall–Kier alpha value is -2.87. The van der Waals surface area contributed by atoms with Crippen molar-refractivity contribution in [1.29, 1.82) is 0 Å². The van der Waals surface area contributed by atoms with E-state index in [0.29, 0.717) is 11.2 Å². The van der Waals surface area contributed by atoms with Gasteiger partial charge in [0.05, 0.1) is 23.8 Å². The second-order valence-corrected chi connectivity index (χ2v) is 3.79. The summed E-state index contributed by atoms with van der Waals surface area (Å²) in [6.45, 7) is 6.90. The van der Waals surface area contributed by atoms with Gasteiger partial charge in [0, 0.05) is 11.9 Å². The molecule has 0 saturated heterocycles. The Morgan fingerprint density at radius 3 is 2.72 bits per heavy atom. The fourth-order valence-corrected chi connectivity index (χ4v) is 1.89. The molecule has 1 N–H and O–H groups in total. The van der Waals surface area contributed by atoms with Crippen LogP contribution < -0.4 is 5.69 Å². The summed E-state index contributed by atoms with van der Waals surface area (Å²) in [5.41, 5.74) is 2.52. The number of fused-ring (bicyclic) bond motifs is 1. The van der Waals surface area contributed by atoms with Gasteiger partial charge in [0.15, 0.2) is 5.69 Å². The highest BCUT2D eigenvalue weighted by atomic mass is 16.1. The summed E-state index contributed by atoms with van der Waals surface area (Å²) in [5, 5.41) is 0. The first-order valence-electron chi connectivity index (χ1n) is 5.32. The highest BCUT2D eigenvalue weighted by molar-refractivity contribution is 5.76. The van der Waals surface area contributed by atoms with E-state index in [4.69, 9.17) is 6.57 Å². The lowest BCUT2D eigenvalue weighted by Crippen LogP contribution is -2.14. The lowest BCUT2D eigenvalue weighted by atomic mass is 10.3. The number of hydrogen-bond donors (Lipinski definition) is 1. The lowest BCUT2D eigenvalue weighted by molar-refractivity contribution is 1.02. The Kier molecular flexibility index (Phi) is 2.21. The van der Waals surface area contributed by atoms with Gasteiger partial charge in [0.25, 0.3) is 0 Å². The molecule has 18 heavy (non-hydrogen) atoms. The van der Waals surface area contributed by atoms with Crippen LogP contribution in [0.25, 0.3) is 21.6 Å². The van der Waals surface area contributed by atoms with Gasteiger partial charge in [0.2, 0.25) is 0 Å².